The Morgan fingerprint density at radius 2 is 1.85 bits per heavy atom. The molecule has 55 heavy (non-hydrogen) atoms. The maximum absolute atomic E-state index is 14.1. The zero-order chi connectivity index (χ0) is 38.8. The Hall–Kier alpha value is -2.35. The second-order valence-corrected chi connectivity index (χ2v) is 22.8. The molecule has 10 nitrogen and oxygen atoms in total. The smallest absolute Gasteiger partial charge is 0.262 e. The molecule has 1 spiro atoms. The number of benzene rings is 2. The van der Waals surface area contributed by atoms with Gasteiger partial charge in [-0.3, -0.25) is 19.3 Å². The van der Waals surface area contributed by atoms with Gasteiger partial charge in [0.1, 0.15) is 5.75 Å². The number of aryl methyl sites for hydroxylation is 1. The predicted molar refractivity (Wildman–Crippen MR) is 222 cm³/mol. The second kappa shape index (κ2) is 15.1. The first kappa shape index (κ1) is 39.5. The lowest BCUT2D eigenvalue weighted by Gasteiger charge is -2.54. The van der Waals surface area contributed by atoms with Crippen molar-refractivity contribution in [2.24, 2.45) is 17.8 Å². The third kappa shape index (κ3) is 7.69. The van der Waals surface area contributed by atoms with Crippen molar-refractivity contribution in [3.63, 3.8) is 0 Å². The number of nitrogens with zero attached hydrogens (tertiary/aromatic N) is 3. The first-order chi connectivity index (χ1) is 26.2. The van der Waals surface area contributed by atoms with Gasteiger partial charge in [-0.2, -0.15) is 0 Å². The van der Waals surface area contributed by atoms with Crippen LogP contribution in [0.3, 0.4) is 0 Å². The number of carbonyl (C=O) groups excluding carboxylic acids is 1. The van der Waals surface area contributed by atoms with E-state index in [-0.39, 0.29) is 46.0 Å². The largest absolute Gasteiger partial charge is 0.490 e. The van der Waals surface area contributed by atoms with Crippen molar-refractivity contribution in [1.82, 2.24) is 14.5 Å². The van der Waals surface area contributed by atoms with Gasteiger partial charge in [0, 0.05) is 80.2 Å². The first-order valence-electron chi connectivity index (χ1n) is 20.4. The van der Waals surface area contributed by atoms with Crippen molar-refractivity contribution in [3.8, 4) is 5.75 Å². The summed E-state index contributed by atoms with van der Waals surface area (Å²) in [6.45, 7) is 9.96. The van der Waals surface area contributed by atoms with Crippen LogP contribution in [-0.2, 0) is 36.1 Å². The normalized spacial score (nSPS) is 37.0. The van der Waals surface area contributed by atoms with E-state index in [4.69, 9.17) is 21.1 Å². The Kier molecular flexibility index (Phi) is 10.8. The highest BCUT2D eigenvalue weighted by molar-refractivity contribution is 7.99. The minimum absolute atomic E-state index is 0.0123. The molecule has 2 aromatic rings. The summed E-state index contributed by atoms with van der Waals surface area (Å²) in [4.78, 5) is 21.2. The summed E-state index contributed by atoms with van der Waals surface area (Å²) in [6, 6.07) is 11.9. The molecular formula is C42H59ClN4O6S2. The molecule has 2 aliphatic carbocycles. The van der Waals surface area contributed by atoms with Gasteiger partial charge in [-0.1, -0.05) is 31.0 Å². The number of anilines is 1. The Morgan fingerprint density at radius 1 is 1.02 bits per heavy atom. The molecule has 0 radical (unpaired) electrons. The van der Waals surface area contributed by atoms with E-state index in [0.29, 0.717) is 24.6 Å². The van der Waals surface area contributed by atoms with Gasteiger partial charge in [0.2, 0.25) is 0 Å². The van der Waals surface area contributed by atoms with E-state index < -0.39 is 25.1 Å². The molecule has 302 valence electrons. The van der Waals surface area contributed by atoms with Gasteiger partial charge >= 0.3 is 0 Å². The van der Waals surface area contributed by atoms with Gasteiger partial charge in [-0.15, -0.1) is 0 Å². The molecule has 4 aliphatic heterocycles. The van der Waals surface area contributed by atoms with Crippen molar-refractivity contribution < 1.29 is 26.9 Å². The van der Waals surface area contributed by atoms with E-state index in [1.165, 1.54) is 11.1 Å². The second-order valence-electron chi connectivity index (χ2n) is 17.8. The number of hydrogen-bond acceptors (Lipinski definition) is 9. The number of halogens is 1. The molecule has 2 bridgehead atoms. The summed E-state index contributed by atoms with van der Waals surface area (Å²) >= 11 is 6.52. The minimum atomic E-state index is -3.04. The minimum Gasteiger partial charge on any atom is -0.490 e. The summed E-state index contributed by atoms with van der Waals surface area (Å²) in [5.41, 5.74) is 3.21. The van der Waals surface area contributed by atoms with E-state index in [9.17, 15) is 17.4 Å². The van der Waals surface area contributed by atoms with Gasteiger partial charge in [-0.25, -0.2) is 12.6 Å². The van der Waals surface area contributed by atoms with E-state index >= 15 is 0 Å². The maximum atomic E-state index is 14.1. The lowest BCUT2D eigenvalue weighted by atomic mass is 9.62. The van der Waals surface area contributed by atoms with Gasteiger partial charge in [0.15, 0.2) is 9.84 Å². The number of fused-ring (bicyclic) bond motifs is 5. The standard InChI is InChI=1S/C42H59ClN4O6S2/c1-29-7-5-16-42(52-3,27-45-17-18-46-19-20-55(50,51)25-35(46)24-45)37-12-9-33(37)23-47-26-41(15-6-8-31-21-34(43)11-13-36(31)41)28-53-39-14-10-32(22-38(39)47)40(48)44-54(4,49)30(29)2/h10-11,13-14,21-22,29-30,33,35,37H,4-9,12,15-20,23-28H2,1-3H3,(H,44,48,49)/t29-,30+,33-,35-,37+,41-,42-,54?/m0/s1. The third-order valence-corrected chi connectivity index (χ3v) is 18.6. The summed E-state index contributed by atoms with van der Waals surface area (Å²) in [5.74, 6) is 5.62. The molecule has 1 N–H and O–H groups in total. The number of ether oxygens (including phenoxy) is 2. The summed E-state index contributed by atoms with van der Waals surface area (Å²) < 4.78 is 55.9. The SMILES string of the molecule is C=S1(=O)NC(=O)c2ccc3c(c2)N(C[C@@H]2CC[C@H]2[C@](CN2CCN4CCS(=O)(=O)C[C@@H]4C2)(OC)CCC[C@H](C)[C@H]1C)C[C@@]1(CCCc2cc(Cl)ccc21)CO3. The fourth-order valence-corrected chi connectivity index (χ4v) is 14.2. The van der Waals surface area contributed by atoms with Crippen molar-refractivity contribution >= 4 is 48.6 Å². The monoisotopic (exact) mass is 814 g/mol. The van der Waals surface area contributed by atoms with Crippen LogP contribution in [0.15, 0.2) is 36.4 Å². The Balaban J connectivity index is 1.17. The molecule has 1 unspecified atom stereocenters. The number of hydrogen-bond donors (Lipinski definition) is 1. The van der Waals surface area contributed by atoms with Gasteiger partial charge < -0.3 is 14.4 Å². The molecule has 4 heterocycles. The predicted octanol–water partition coefficient (Wildman–Crippen LogP) is 5.21. The Morgan fingerprint density at radius 3 is 2.64 bits per heavy atom. The number of carbonyl (C=O) groups is 1. The molecule has 2 aromatic carbocycles. The topological polar surface area (TPSA) is 108 Å². The van der Waals surface area contributed by atoms with Crippen molar-refractivity contribution in [2.45, 2.75) is 87.5 Å². The molecule has 0 aromatic heterocycles. The van der Waals surface area contributed by atoms with Gasteiger partial charge in [0.05, 0.1) is 39.1 Å². The quantitative estimate of drug-likeness (QED) is 0.419. The van der Waals surface area contributed by atoms with Crippen LogP contribution in [0.25, 0.3) is 0 Å². The van der Waals surface area contributed by atoms with Gasteiger partial charge in [-0.05, 0) is 117 Å². The zero-order valence-electron chi connectivity index (χ0n) is 32.8. The molecule has 3 fully saturated rings. The van der Waals surface area contributed by atoms with Crippen LogP contribution < -0.4 is 14.4 Å². The van der Waals surface area contributed by atoms with Crippen molar-refractivity contribution in [3.05, 3.63) is 58.1 Å². The van der Waals surface area contributed by atoms with Crippen LogP contribution in [-0.4, -0.2) is 122 Å². The van der Waals surface area contributed by atoms with Crippen molar-refractivity contribution in [1.29, 1.82) is 0 Å². The molecule has 8 atom stereocenters. The maximum Gasteiger partial charge on any atom is 0.262 e. The fourth-order valence-electron chi connectivity index (χ4n) is 10.9. The summed E-state index contributed by atoms with van der Waals surface area (Å²) in [6.07, 6.45) is 7.70. The van der Waals surface area contributed by atoms with Crippen LogP contribution in [0.5, 0.6) is 5.75 Å². The van der Waals surface area contributed by atoms with E-state index in [1.54, 1.807) is 6.07 Å². The molecule has 6 aliphatic rings. The third-order valence-electron chi connectivity index (χ3n) is 14.5. The Labute approximate surface area is 333 Å². The summed E-state index contributed by atoms with van der Waals surface area (Å²) in [5, 5.41) is 0.416. The Bertz CT molecular complexity index is 2010. The number of amides is 1. The number of piperazine rings is 1. The number of nitrogens with one attached hydrogen (secondary N) is 1. The van der Waals surface area contributed by atoms with Crippen LogP contribution in [0.1, 0.15) is 80.3 Å². The van der Waals surface area contributed by atoms with Crippen LogP contribution in [0.2, 0.25) is 5.02 Å². The number of methoxy groups -OCH3 is 1. The highest BCUT2D eigenvalue weighted by Gasteiger charge is 2.51. The molecule has 2 saturated heterocycles. The lowest BCUT2D eigenvalue weighted by Crippen LogP contribution is -2.63. The highest BCUT2D eigenvalue weighted by atomic mass is 35.5. The fraction of sp³-hybridized carbons (Fsp3) is 0.667. The molecular weight excluding hydrogens is 756 g/mol. The van der Waals surface area contributed by atoms with E-state index in [2.05, 4.69) is 44.3 Å². The molecule has 1 amide bonds. The highest BCUT2D eigenvalue weighted by Crippen LogP contribution is 2.50. The van der Waals surface area contributed by atoms with E-state index in [0.717, 1.165) is 107 Å². The average molecular weight is 816 g/mol. The van der Waals surface area contributed by atoms with Crippen LogP contribution >= 0.6 is 11.6 Å². The van der Waals surface area contributed by atoms with Crippen molar-refractivity contribution in [2.75, 3.05) is 75.9 Å². The molecule has 8 rings (SSSR count). The number of rotatable bonds is 3. The number of sulfone groups is 1. The van der Waals surface area contributed by atoms with Crippen LogP contribution in [0.4, 0.5) is 5.69 Å². The lowest BCUT2D eigenvalue weighted by molar-refractivity contribution is -0.135. The molecule has 1 saturated carbocycles. The summed E-state index contributed by atoms with van der Waals surface area (Å²) in [7, 11) is -4.14. The average Bonchev–Trinajstić information content (AvgIpc) is 3.28. The zero-order valence-corrected chi connectivity index (χ0v) is 35.2. The van der Waals surface area contributed by atoms with Crippen LogP contribution in [0, 0.1) is 17.8 Å². The van der Waals surface area contributed by atoms with E-state index in [1.807, 2.05) is 32.2 Å². The molecule has 13 heteroatoms. The first-order valence-corrected chi connectivity index (χ1v) is 24.4. The van der Waals surface area contributed by atoms with Gasteiger partial charge in [0.25, 0.3) is 5.91 Å².